The average Bonchev–Trinajstić information content (AvgIpc) is 3.02. The molecular weight excluding hydrogens is 306 g/mol. The predicted molar refractivity (Wildman–Crippen MR) is 81.3 cm³/mol. The number of aromatic carboxylic acids is 1. The molecule has 0 aliphatic heterocycles. The summed E-state index contributed by atoms with van der Waals surface area (Å²) in [5.74, 6) is -0.620. The van der Waals surface area contributed by atoms with Gasteiger partial charge in [0, 0.05) is 11.8 Å². The molecule has 3 N–H and O–H groups in total. The van der Waals surface area contributed by atoms with E-state index in [4.69, 9.17) is 16.7 Å². The summed E-state index contributed by atoms with van der Waals surface area (Å²) in [4.78, 5) is 19.3. The number of nitrogens with one attached hydrogen (secondary N) is 2. The van der Waals surface area contributed by atoms with Crippen LogP contribution in [0.4, 0.5) is 11.6 Å². The molecule has 0 atom stereocenters. The van der Waals surface area contributed by atoms with Gasteiger partial charge in [0.25, 0.3) is 0 Å². The number of aromatic nitrogens is 4. The molecule has 0 radical (unpaired) electrons. The third kappa shape index (κ3) is 2.89. The lowest BCUT2D eigenvalue weighted by molar-refractivity contribution is 0.0697. The highest BCUT2D eigenvalue weighted by Crippen LogP contribution is 2.27. The van der Waals surface area contributed by atoms with Gasteiger partial charge in [-0.05, 0) is 12.1 Å². The van der Waals surface area contributed by atoms with E-state index in [-0.39, 0.29) is 5.56 Å². The normalized spacial score (nSPS) is 10.4. The first kappa shape index (κ1) is 14.0. The van der Waals surface area contributed by atoms with Crippen LogP contribution in [0, 0.1) is 0 Å². The Labute approximate surface area is 130 Å². The van der Waals surface area contributed by atoms with E-state index in [1.54, 1.807) is 24.5 Å². The molecule has 3 rings (SSSR count). The van der Waals surface area contributed by atoms with E-state index in [0.717, 1.165) is 5.69 Å². The predicted octanol–water partition coefficient (Wildman–Crippen LogP) is 2.96. The SMILES string of the molecule is O=C(O)c1ccc(-c2nc(Nc3cn[nH]c3)ncc2Cl)cc1. The van der Waals surface area contributed by atoms with Gasteiger partial charge in [-0.2, -0.15) is 5.10 Å². The van der Waals surface area contributed by atoms with Crippen molar-refractivity contribution in [3.05, 3.63) is 53.4 Å². The average molecular weight is 316 g/mol. The zero-order valence-electron chi connectivity index (χ0n) is 11.1. The second-order valence-electron chi connectivity index (χ2n) is 4.38. The van der Waals surface area contributed by atoms with E-state index in [0.29, 0.717) is 22.2 Å². The number of rotatable bonds is 4. The fraction of sp³-hybridized carbons (Fsp3) is 0. The fourth-order valence-electron chi connectivity index (χ4n) is 1.85. The van der Waals surface area contributed by atoms with Crippen LogP contribution in [0.1, 0.15) is 10.4 Å². The van der Waals surface area contributed by atoms with Crippen LogP contribution in [-0.4, -0.2) is 31.2 Å². The highest BCUT2D eigenvalue weighted by atomic mass is 35.5. The van der Waals surface area contributed by atoms with Crippen LogP contribution in [0.5, 0.6) is 0 Å². The number of carboxylic acids is 1. The van der Waals surface area contributed by atoms with Gasteiger partial charge in [-0.25, -0.2) is 14.8 Å². The van der Waals surface area contributed by atoms with Crippen LogP contribution in [-0.2, 0) is 0 Å². The van der Waals surface area contributed by atoms with Crippen molar-refractivity contribution in [1.82, 2.24) is 20.2 Å². The van der Waals surface area contributed by atoms with E-state index in [1.165, 1.54) is 18.3 Å². The second kappa shape index (κ2) is 5.82. The lowest BCUT2D eigenvalue weighted by Crippen LogP contribution is -1.99. The van der Waals surface area contributed by atoms with Crippen LogP contribution < -0.4 is 5.32 Å². The Hall–Kier alpha value is -2.93. The smallest absolute Gasteiger partial charge is 0.335 e. The van der Waals surface area contributed by atoms with Crippen molar-refractivity contribution in [2.24, 2.45) is 0 Å². The maximum atomic E-state index is 10.9. The summed E-state index contributed by atoms with van der Waals surface area (Å²) in [6, 6.07) is 6.30. The molecule has 22 heavy (non-hydrogen) atoms. The van der Waals surface area contributed by atoms with Gasteiger partial charge in [-0.15, -0.1) is 0 Å². The van der Waals surface area contributed by atoms with Crippen molar-refractivity contribution in [3.8, 4) is 11.3 Å². The Bertz CT molecular complexity index is 803. The molecular formula is C14H10ClN5O2. The number of H-pyrrole nitrogens is 1. The molecule has 2 heterocycles. The van der Waals surface area contributed by atoms with Crippen molar-refractivity contribution in [2.75, 3.05) is 5.32 Å². The first-order valence-corrected chi connectivity index (χ1v) is 6.63. The van der Waals surface area contributed by atoms with E-state index in [9.17, 15) is 4.79 Å². The largest absolute Gasteiger partial charge is 0.478 e. The summed E-state index contributed by atoms with van der Waals surface area (Å²) in [7, 11) is 0. The van der Waals surface area contributed by atoms with Crippen molar-refractivity contribution < 1.29 is 9.90 Å². The number of hydrogen-bond donors (Lipinski definition) is 3. The summed E-state index contributed by atoms with van der Waals surface area (Å²) in [6.45, 7) is 0. The van der Waals surface area contributed by atoms with E-state index < -0.39 is 5.97 Å². The maximum absolute atomic E-state index is 10.9. The summed E-state index contributed by atoms with van der Waals surface area (Å²) in [6.07, 6.45) is 4.75. The maximum Gasteiger partial charge on any atom is 0.335 e. The van der Waals surface area contributed by atoms with Crippen molar-refractivity contribution in [3.63, 3.8) is 0 Å². The Morgan fingerprint density at radius 3 is 2.64 bits per heavy atom. The highest BCUT2D eigenvalue weighted by Gasteiger charge is 2.10. The molecule has 3 aromatic rings. The van der Waals surface area contributed by atoms with Crippen molar-refractivity contribution in [1.29, 1.82) is 0 Å². The molecule has 0 unspecified atom stereocenters. The highest BCUT2D eigenvalue weighted by molar-refractivity contribution is 6.32. The Kier molecular flexibility index (Phi) is 3.71. The van der Waals surface area contributed by atoms with Crippen LogP contribution in [0.25, 0.3) is 11.3 Å². The Balaban J connectivity index is 1.93. The van der Waals surface area contributed by atoms with Gasteiger partial charge in [0.2, 0.25) is 5.95 Å². The van der Waals surface area contributed by atoms with Crippen LogP contribution in [0.15, 0.2) is 42.9 Å². The van der Waals surface area contributed by atoms with Gasteiger partial charge in [0.1, 0.15) is 0 Å². The van der Waals surface area contributed by atoms with Gasteiger partial charge in [0.15, 0.2) is 0 Å². The lowest BCUT2D eigenvalue weighted by atomic mass is 10.1. The van der Waals surface area contributed by atoms with Gasteiger partial charge < -0.3 is 10.4 Å². The molecule has 0 aliphatic carbocycles. The minimum absolute atomic E-state index is 0.200. The number of aromatic amines is 1. The fourth-order valence-corrected chi connectivity index (χ4v) is 2.05. The van der Waals surface area contributed by atoms with E-state index >= 15 is 0 Å². The molecule has 0 bridgehead atoms. The molecule has 0 saturated carbocycles. The number of carbonyl (C=O) groups is 1. The van der Waals surface area contributed by atoms with E-state index in [1.807, 2.05) is 0 Å². The minimum Gasteiger partial charge on any atom is -0.478 e. The third-order valence-electron chi connectivity index (χ3n) is 2.90. The topological polar surface area (TPSA) is 104 Å². The second-order valence-corrected chi connectivity index (χ2v) is 4.79. The first-order chi connectivity index (χ1) is 10.6. The number of hydrogen-bond acceptors (Lipinski definition) is 5. The summed E-state index contributed by atoms with van der Waals surface area (Å²) in [5, 5.41) is 18.8. The van der Waals surface area contributed by atoms with Crippen molar-refractivity contribution in [2.45, 2.75) is 0 Å². The third-order valence-corrected chi connectivity index (χ3v) is 3.18. The molecule has 110 valence electrons. The molecule has 0 aliphatic rings. The molecule has 0 fully saturated rings. The van der Waals surface area contributed by atoms with Gasteiger partial charge >= 0.3 is 5.97 Å². The number of carboxylic acid groups (broad SMARTS) is 1. The molecule has 0 spiro atoms. The van der Waals surface area contributed by atoms with Crippen LogP contribution >= 0.6 is 11.6 Å². The summed E-state index contributed by atoms with van der Waals surface area (Å²) >= 11 is 6.13. The number of benzene rings is 1. The van der Waals surface area contributed by atoms with E-state index in [2.05, 4.69) is 25.5 Å². The van der Waals surface area contributed by atoms with Gasteiger partial charge in [-0.3, -0.25) is 5.10 Å². The number of halogens is 1. The number of nitrogens with zero attached hydrogens (tertiary/aromatic N) is 3. The molecule has 8 heteroatoms. The Morgan fingerprint density at radius 2 is 2.00 bits per heavy atom. The monoisotopic (exact) mass is 315 g/mol. The van der Waals surface area contributed by atoms with Gasteiger partial charge in [0.05, 0.1) is 34.4 Å². The number of anilines is 2. The van der Waals surface area contributed by atoms with Crippen LogP contribution in [0.3, 0.4) is 0 Å². The molecule has 2 aromatic heterocycles. The molecule has 0 amide bonds. The van der Waals surface area contributed by atoms with Crippen molar-refractivity contribution >= 4 is 29.2 Å². The van der Waals surface area contributed by atoms with Gasteiger partial charge in [-0.1, -0.05) is 23.7 Å². The lowest BCUT2D eigenvalue weighted by Gasteiger charge is -2.07. The quantitative estimate of drug-likeness (QED) is 0.684. The first-order valence-electron chi connectivity index (χ1n) is 6.25. The summed E-state index contributed by atoms with van der Waals surface area (Å²) in [5.41, 5.74) is 2.13. The molecule has 0 saturated heterocycles. The standard InChI is InChI=1S/C14H10ClN5O2/c15-11-7-16-14(19-10-5-17-18-6-10)20-12(11)8-1-3-9(4-2-8)13(21)22/h1-7H,(H,17,18)(H,21,22)(H,16,19,20). The summed E-state index contributed by atoms with van der Waals surface area (Å²) < 4.78 is 0. The van der Waals surface area contributed by atoms with Crippen LogP contribution in [0.2, 0.25) is 5.02 Å². The zero-order chi connectivity index (χ0) is 15.5. The molecule has 7 nitrogen and oxygen atoms in total. The zero-order valence-corrected chi connectivity index (χ0v) is 11.9. The Morgan fingerprint density at radius 1 is 1.23 bits per heavy atom. The molecule has 1 aromatic carbocycles. The minimum atomic E-state index is -0.984.